The maximum atomic E-state index is 12.7. The number of nitrogens with zero attached hydrogens (tertiary/aromatic N) is 3. The van der Waals surface area contributed by atoms with Gasteiger partial charge in [0.2, 0.25) is 0 Å². The minimum Gasteiger partial charge on any atom is -0.331 e. The summed E-state index contributed by atoms with van der Waals surface area (Å²) >= 11 is 1.58. The van der Waals surface area contributed by atoms with Crippen molar-refractivity contribution in [2.24, 2.45) is 7.05 Å². The van der Waals surface area contributed by atoms with E-state index in [1.54, 1.807) is 40.4 Å². The molecule has 1 saturated heterocycles. The molecule has 2 aromatic rings. The Morgan fingerprint density at radius 2 is 2.29 bits per heavy atom. The van der Waals surface area contributed by atoms with Gasteiger partial charge in [-0.25, -0.2) is 13.2 Å². The molecule has 3 rings (SSSR count). The lowest BCUT2D eigenvalue weighted by molar-refractivity contribution is 0.178. The first kappa shape index (κ1) is 17.0. The Morgan fingerprint density at radius 3 is 2.92 bits per heavy atom. The molecule has 1 fully saturated rings. The number of hydrogen-bond donors (Lipinski definition) is 1. The van der Waals surface area contributed by atoms with E-state index in [1.165, 1.54) is 0 Å². The van der Waals surface area contributed by atoms with E-state index in [-0.39, 0.29) is 30.1 Å². The number of rotatable bonds is 3. The number of thiophene rings is 1. The van der Waals surface area contributed by atoms with Crippen LogP contribution in [0.2, 0.25) is 0 Å². The van der Waals surface area contributed by atoms with Gasteiger partial charge >= 0.3 is 6.03 Å². The van der Waals surface area contributed by atoms with Crippen LogP contribution in [0.15, 0.2) is 29.9 Å². The minimum atomic E-state index is -3.17. The Hall–Kier alpha value is -1.87. The minimum absolute atomic E-state index is 0.00936. The number of carbonyl (C=O) groups excluding carboxylic acids is 1. The quantitative estimate of drug-likeness (QED) is 0.894. The third-order valence-corrected chi connectivity index (χ3v) is 6.79. The highest BCUT2D eigenvalue weighted by Gasteiger charge is 2.36. The van der Waals surface area contributed by atoms with Crippen LogP contribution in [0, 0.1) is 0 Å². The molecule has 1 aliphatic rings. The van der Waals surface area contributed by atoms with Gasteiger partial charge in [0.05, 0.1) is 29.8 Å². The first-order valence-corrected chi connectivity index (χ1v) is 10.4. The normalized spacial score (nSPS) is 21.4. The van der Waals surface area contributed by atoms with Gasteiger partial charge in [-0.1, -0.05) is 6.07 Å². The lowest BCUT2D eigenvalue weighted by atomic mass is 10.1. The van der Waals surface area contributed by atoms with Crippen molar-refractivity contribution in [2.75, 3.05) is 18.1 Å². The van der Waals surface area contributed by atoms with Crippen LogP contribution in [0.5, 0.6) is 0 Å². The fourth-order valence-corrected chi connectivity index (χ4v) is 5.04. The Bertz CT molecular complexity index is 814. The lowest BCUT2D eigenvalue weighted by Gasteiger charge is -2.35. The second-order valence-corrected chi connectivity index (χ2v) is 9.17. The summed E-state index contributed by atoms with van der Waals surface area (Å²) < 4.78 is 25.7. The molecule has 2 amide bonds. The molecule has 9 heteroatoms. The van der Waals surface area contributed by atoms with Gasteiger partial charge in [0.25, 0.3) is 0 Å². The maximum Gasteiger partial charge on any atom is 0.318 e. The van der Waals surface area contributed by atoms with Gasteiger partial charge in [0.15, 0.2) is 9.84 Å². The molecule has 0 aliphatic carbocycles. The summed E-state index contributed by atoms with van der Waals surface area (Å²) in [7, 11) is -1.40. The Labute approximate surface area is 145 Å². The Morgan fingerprint density at radius 1 is 1.50 bits per heavy atom. The summed E-state index contributed by atoms with van der Waals surface area (Å²) in [5.74, 6) is -0.0793. The molecule has 24 heavy (non-hydrogen) atoms. The average molecular weight is 368 g/mol. The topological polar surface area (TPSA) is 84.3 Å². The second kappa shape index (κ2) is 6.56. The van der Waals surface area contributed by atoms with Gasteiger partial charge < -0.3 is 10.2 Å². The van der Waals surface area contributed by atoms with Crippen LogP contribution in [0.3, 0.4) is 0 Å². The smallest absolute Gasteiger partial charge is 0.318 e. The Balaban J connectivity index is 1.80. The monoisotopic (exact) mass is 368 g/mol. The maximum absolute atomic E-state index is 12.7. The summed E-state index contributed by atoms with van der Waals surface area (Å²) in [4.78, 5) is 15.4. The fraction of sp³-hybridized carbons (Fsp3) is 0.467. The van der Waals surface area contributed by atoms with Gasteiger partial charge in [-0.05, 0) is 18.4 Å². The zero-order chi connectivity index (χ0) is 17.3. The second-order valence-electron chi connectivity index (χ2n) is 5.96. The van der Waals surface area contributed by atoms with E-state index in [9.17, 15) is 13.2 Å². The number of urea groups is 1. The number of aryl methyl sites for hydroxylation is 1. The first-order chi connectivity index (χ1) is 11.4. The van der Waals surface area contributed by atoms with Crippen molar-refractivity contribution in [1.29, 1.82) is 0 Å². The van der Waals surface area contributed by atoms with Crippen molar-refractivity contribution in [1.82, 2.24) is 20.0 Å². The number of amides is 2. The van der Waals surface area contributed by atoms with Crippen LogP contribution in [-0.4, -0.2) is 47.2 Å². The zero-order valence-electron chi connectivity index (χ0n) is 13.5. The summed E-state index contributed by atoms with van der Waals surface area (Å²) in [6.45, 7) is 2.11. The van der Waals surface area contributed by atoms with Crippen molar-refractivity contribution in [3.63, 3.8) is 0 Å². The van der Waals surface area contributed by atoms with E-state index in [0.717, 1.165) is 10.4 Å². The van der Waals surface area contributed by atoms with Crippen molar-refractivity contribution in [3.8, 4) is 0 Å². The lowest BCUT2D eigenvalue weighted by Crippen LogP contribution is -2.50. The molecule has 0 spiro atoms. The highest BCUT2D eigenvalue weighted by Crippen LogP contribution is 2.27. The molecule has 1 aliphatic heterocycles. The number of nitrogens with one attached hydrogen (secondary N) is 1. The third kappa shape index (κ3) is 3.62. The van der Waals surface area contributed by atoms with Crippen molar-refractivity contribution in [2.45, 2.75) is 19.0 Å². The molecule has 0 bridgehead atoms. The first-order valence-electron chi connectivity index (χ1n) is 7.65. The highest BCUT2D eigenvalue weighted by atomic mass is 32.2. The van der Waals surface area contributed by atoms with Crippen molar-refractivity contribution in [3.05, 3.63) is 40.3 Å². The van der Waals surface area contributed by atoms with Crippen LogP contribution in [0.1, 0.15) is 29.4 Å². The highest BCUT2D eigenvalue weighted by molar-refractivity contribution is 7.91. The van der Waals surface area contributed by atoms with E-state index in [1.807, 2.05) is 24.4 Å². The molecule has 2 atom stereocenters. The van der Waals surface area contributed by atoms with E-state index < -0.39 is 15.9 Å². The van der Waals surface area contributed by atoms with Crippen LogP contribution in [0.25, 0.3) is 0 Å². The molecule has 0 aromatic carbocycles. The van der Waals surface area contributed by atoms with Crippen LogP contribution >= 0.6 is 11.3 Å². The molecular weight excluding hydrogens is 348 g/mol. The molecule has 3 heterocycles. The largest absolute Gasteiger partial charge is 0.331 e. The van der Waals surface area contributed by atoms with Crippen molar-refractivity contribution < 1.29 is 13.2 Å². The van der Waals surface area contributed by atoms with Crippen LogP contribution in [0.4, 0.5) is 4.79 Å². The predicted octanol–water partition coefficient (Wildman–Crippen LogP) is 1.72. The van der Waals surface area contributed by atoms with Gasteiger partial charge in [-0.2, -0.15) is 5.10 Å². The molecule has 7 nitrogen and oxygen atoms in total. The van der Waals surface area contributed by atoms with Gasteiger partial charge in [0.1, 0.15) is 0 Å². The molecule has 0 unspecified atom stereocenters. The standard InChI is InChI=1S/C15H20N4O3S2/c1-11(14-4-3-6-23-14)17-15(20)19-5-7-24(21,22)10-13(19)12-8-16-18(2)9-12/h3-4,6,8-9,11,13H,5,7,10H2,1-2H3,(H,17,20)/t11-,13+/m1/s1. The van der Waals surface area contributed by atoms with E-state index in [4.69, 9.17) is 0 Å². The van der Waals surface area contributed by atoms with Crippen LogP contribution in [-0.2, 0) is 16.9 Å². The SMILES string of the molecule is C[C@@H](NC(=O)N1CCS(=O)(=O)C[C@H]1c1cnn(C)c1)c1cccs1. The number of sulfone groups is 1. The number of hydrogen-bond acceptors (Lipinski definition) is 5. The van der Waals surface area contributed by atoms with E-state index >= 15 is 0 Å². The van der Waals surface area contributed by atoms with E-state index in [0.29, 0.717) is 0 Å². The molecule has 1 N–H and O–H groups in total. The summed E-state index contributed by atoms with van der Waals surface area (Å²) in [6, 6.07) is 3.03. The summed E-state index contributed by atoms with van der Waals surface area (Å²) in [5, 5.41) is 9.02. The molecule has 0 radical (unpaired) electrons. The Kier molecular flexibility index (Phi) is 4.64. The number of carbonyl (C=O) groups is 1. The van der Waals surface area contributed by atoms with Crippen LogP contribution < -0.4 is 5.32 Å². The molecular formula is C15H20N4O3S2. The molecule has 130 valence electrons. The third-order valence-electron chi connectivity index (χ3n) is 4.11. The predicted molar refractivity (Wildman–Crippen MR) is 92.6 cm³/mol. The summed E-state index contributed by atoms with van der Waals surface area (Å²) in [5.41, 5.74) is 0.736. The van der Waals surface area contributed by atoms with Gasteiger partial charge in [-0.3, -0.25) is 4.68 Å². The van der Waals surface area contributed by atoms with E-state index in [2.05, 4.69) is 10.4 Å². The zero-order valence-corrected chi connectivity index (χ0v) is 15.2. The number of aromatic nitrogens is 2. The fourth-order valence-electron chi connectivity index (χ4n) is 2.82. The average Bonchev–Trinajstić information content (AvgIpc) is 3.17. The molecule has 0 saturated carbocycles. The van der Waals surface area contributed by atoms with Gasteiger partial charge in [-0.15, -0.1) is 11.3 Å². The molecule has 2 aromatic heterocycles. The van der Waals surface area contributed by atoms with Crippen molar-refractivity contribution >= 4 is 27.2 Å². The summed E-state index contributed by atoms with van der Waals surface area (Å²) in [6.07, 6.45) is 3.38. The van der Waals surface area contributed by atoms with Gasteiger partial charge in [0, 0.05) is 30.2 Å².